The fourth-order valence-electron chi connectivity index (χ4n) is 2.96. The van der Waals surface area contributed by atoms with Crippen molar-refractivity contribution in [1.29, 1.82) is 0 Å². The molecule has 0 aliphatic carbocycles. The maximum Gasteiger partial charge on any atom is 0.321 e. The van der Waals surface area contributed by atoms with E-state index in [0.717, 1.165) is 6.42 Å². The average molecular weight is 339 g/mol. The highest BCUT2D eigenvalue weighted by molar-refractivity contribution is 4.86. The summed E-state index contributed by atoms with van der Waals surface area (Å²) in [4.78, 5) is 0. The van der Waals surface area contributed by atoms with E-state index >= 15 is 0 Å². The van der Waals surface area contributed by atoms with Crippen LogP contribution in [0.1, 0.15) is 103 Å². The Kier molecular flexibility index (Phi) is 14.6. The topological polar surface area (TPSA) is 27.7 Å². The second-order valence-electron chi connectivity index (χ2n) is 6.76. The van der Waals surface area contributed by atoms with Crippen LogP contribution in [0.5, 0.6) is 0 Å². The van der Waals surface area contributed by atoms with E-state index in [1.807, 2.05) is 0 Å². The molecule has 0 fully saturated rings. The summed E-state index contributed by atoms with van der Waals surface area (Å²) < 4.78 is 15.6. The first kappa shape index (κ1) is 20.9. The molecule has 0 aromatic rings. The second kappa shape index (κ2) is 16.7. The zero-order valence-corrected chi connectivity index (χ0v) is 15.8. The molecule has 0 bridgehead atoms. The molecule has 24 heavy (non-hydrogen) atoms. The highest BCUT2D eigenvalue weighted by Crippen LogP contribution is 2.14. The summed E-state index contributed by atoms with van der Waals surface area (Å²) in [5.41, 5.74) is 0. The normalized spacial score (nSPS) is 13.3. The Morgan fingerprint density at radius 1 is 0.667 bits per heavy atom. The van der Waals surface area contributed by atoms with Crippen LogP contribution in [0.4, 0.5) is 0 Å². The van der Waals surface area contributed by atoms with E-state index < -0.39 is 0 Å². The first-order valence-electron chi connectivity index (χ1n) is 10.2. The standard InChI is InChI=1S/C21H38O3/c1-2-3-4-5-6-7-8-9-10-11-12-13-14-15-16-17-23-21-20-22-18-19-24-21/h18-20H,2-17H2,1H3. The predicted octanol–water partition coefficient (Wildman–Crippen LogP) is 7.19. The van der Waals surface area contributed by atoms with Crippen molar-refractivity contribution in [1.82, 2.24) is 0 Å². The molecule has 140 valence electrons. The number of ether oxygens (including phenoxy) is 3. The Morgan fingerprint density at radius 2 is 1.17 bits per heavy atom. The molecular formula is C21H38O3. The van der Waals surface area contributed by atoms with Gasteiger partial charge < -0.3 is 14.2 Å². The zero-order valence-electron chi connectivity index (χ0n) is 15.8. The lowest BCUT2D eigenvalue weighted by molar-refractivity contribution is 0.0555. The van der Waals surface area contributed by atoms with Crippen LogP contribution in [0.2, 0.25) is 0 Å². The van der Waals surface area contributed by atoms with E-state index in [1.54, 1.807) is 0 Å². The van der Waals surface area contributed by atoms with Crippen molar-refractivity contribution in [2.24, 2.45) is 0 Å². The first-order chi connectivity index (χ1) is 11.9. The number of hydrogen-bond donors (Lipinski definition) is 0. The minimum Gasteiger partial charge on any atom is -0.463 e. The van der Waals surface area contributed by atoms with Crippen LogP contribution < -0.4 is 0 Å². The maximum absolute atomic E-state index is 5.46. The summed E-state index contributed by atoms with van der Waals surface area (Å²) in [7, 11) is 0. The van der Waals surface area contributed by atoms with Gasteiger partial charge in [-0.25, -0.2) is 0 Å². The number of hydrogen-bond acceptors (Lipinski definition) is 3. The molecule has 1 aliphatic rings. The molecule has 1 rings (SSSR count). The van der Waals surface area contributed by atoms with Crippen molar-refractivity contribution in [3.8, 4) is 0 Å². The second-order valence-corrected chi connectivity index (χ2v) is 6.76. The Hall–Kier alpha value is -1.12. The predicted molar refractivity (Wildman–Crippen MR) is 100 cm³/mol. The van der Waals surface area contributed by atoms with Crippen LogP contribution in [0.3, 0.4) is 0 Å². The zero-order chi connectivity index (χ0) is 17.1. The molecule has 0 radical (unpaired) electrons. The van der Waals surface area contributed by atoms with Crippen molar-refractivity contribution in [3.05, 3.63) is 24.7 Å². The van der Waals surface area contributed by atoms with Gasteiger partial charge in [-0.1, -0.05) is 96.8 Å². The minimum atomic E-state index is 0.461. The SMILES string of the molecule is CCCCCCCCCCCCCCCCCOC1=COC=CO1. The van der Waals surface area contributed by atoms with Crippen LogP contribution in [0, 0.1) is 0 Å². The Labute approximate surface area is 149 Å². The molecule has 0 atom stereocenters. The molecule has 1 aliphatic heterocycles. The summed E-state index contributed by atoms with van der Waals surface area (Å²) in [6.45, 7) is 2.99. The van der Waals surface area contributed by atoms with Gasteiger partial charge in [-0.2, -0.15) is 0 Å². The Morgan fingerprint density at radius 3 is 1.62 bits per heavy atom. The molecule has 0 amide bonds. The Balaban J connectivity index is 1.68. The molecule has 0 N–H and O–H groups in total. The summed E-state index contributed by atoms with van der Waals surface area (Å²) in [6, 6.07) is 0. The molecule has 1 heterocycles. The molecule has 3 heteroatoms. The summed E-state index contributed by atoms with van der Waals surface area (Å²) >= 11 is 0. The Bertz CT molecular complexity index is 323. The van der Waals surface area contributed by atoms with Gasteiger partial charge in [0, 0.05) is 0 Å². The first-order valence-corrected chi connectivity index (χ1v) is 10.2. The van der Waals surface area contributed by atoms with Gasteiger partial charge in [0.1, 0.15) is 12.5 Å². The number of unbranched alkanes of at least 4 members (excludes halogenated alkanes) is 14. The fourth-order valence-corrected chi connectivity index (χ4v) is 2.96. The van der Waals surface area contributed by atoms with Crippen LogP contribution in [0.15, 0.2) is 24.7 Å². The third-order valence-corrected chi connectivity index (χ3v) is 4.47. The van der Waals surface area contributed by atoms with Gasteiger partial charge in [0.2, 0.25) is 0 Å². The average Bonchev–Trinajstić information content (AvgIpc) is 2.62. The molecular weight excluding hydrogens is 300 g/mol. The summed E-state index contributed by atoms with van der Waals surface area (Å²) in [6.07, 6.45) is 25.1. The van der Waals surface area contributed by atoms with Gasteiger partial charge in [-0.15, -0.1) is 0 Å². The van der Waals surface area contributed by atoms with E-state index in [-0.39, 0.29) is 0 Å². The fraction of sp³-hybridized carbons (Fsp3) is 0.810. The van der Waals surface area contributed by atoms with Crippen molar-refractivity contribution < 1.29 is 14.2 Å². The van der Waals surface area contributed by atoms with Gasteiger partial charge in [-0.05, 0) is 6.42 Å². The monoisotopic (exact) mass is 338 g/mol. The summed E-state index contributed by atoms with van der Waals surface area (Å²) in [5.74, 6) is 0.461. The lowest BCUT2D eigenvalue weighted by Gasteiger charge is -2.10. The molecule has 0 aromatic carbocycles. The molecule has 0 saturated heterocycles. The van der Waals surface area contributed by atoms with Gasteiger partial charge in [0.25, 0.3) is 0 Å². The van der Waals surface area contributed by atoms with Crippen LogP contribution in [0.25, 0.3) is 0 Å². The lowest BCUT2D eigenvalue weighted by atomic mass is 10.0. The van der Waals surface area contributed by atoms with E-state index in [1.165, 1.54) is 109 Å². The van der Waals surface area contributed by atoms with Crippen molar-refractivity contribution in [2.75, 3.05) is 6.61 Å². The van der Waals surface area contributed by atoms with Gasteiger partial charge in [0.15, 0.2) is 6.26 Å². The lowest BCUT2D eigenvalue weighted by Crippen LogP contribution is -1.99. The maximum atomic E-state index is 5.46. The largest absolute Gasteiger partial charge is 0.463 e. The highest BCUT2D eigenvalue weighted by Gasteiger charge is 2.01. The van der Waals surface area contributed by atoms with Crippen molar-refractivity contribution in [2.45, 2.75) is 103 Å². The van der Waals surface area contributed by atoms with Gasteiger partial charge in [0.05, 0.1) is 6.61 Å². The molecule has 0 saturated carbocycles. The third-order valence-electron chi connectivity index (χ3n) is 4.47. The van der Waals surface area contributed by atoms with E-state index in [9.17, 15) is 0 Å². The molecule has 3 nitrogen and oxygen atoms in total. The molecule has 0 spiro atoms. The number of rotatable bonds is 17. The van der Waals surface area contributed by atoms with Gasteiger partial charge in [-0.3, -0.25) is 0 Å². The van der Waals surface area contributed by atoms with Crippen LogP contribution in [-0.4, -0.2) is 6.61 Å². The van der Waals surface area contributed by atoms with Crippen LogP contribution >= 0.6 is 0 Å². The summed E-state index contributed by atoms with van der Waals surface area (Å²) in [5, 5.41) is 0. The molecule has 0 aromatic heterocycles. The van der Waals surface area contributed by atoms with Crippen molar-refractivity contribution >= 4 is 0 Å². The third kappa shape index (κ3) is 13.3. The molecule has 0 unspecified atom stereocenters. The van der Waals surface area contributed by atoms with E-state index in [4.69, 9.17) is 14.2 Å². The smallest absolute Gasteiger partial charge is 0.321 e. The van der Waals surface area contributed by atoms with Gasteiger partial charge >= 0.3 is 5.95 Å². The van der Waals surface area contributed by atoms with Crippen LogP contribution in [-0.2, 0) is 14.2 Å². The van der Waals surface area contributed by atoms with E-state index in [2.05, 4.69) is 6.92 Å². The highest BCUT2D eigenvalue weighted by atomic mass is 16.7. The van der Waals surface area contributed by atoms with Crippen molar-refractivity contribution in [3.63, 3.8) is 0 Å². The minimum absolute atomic E-state index is 0.461. The van der Waals surface area contributed by atoms with E-state index in [0.29, 0.717) is 12.6 Å². The quantitative estimate of drug-likeness (QED) is 0.263.